The number of hydrogen-bond acceptors (Lipinski definition) is 5. The van der Waals surface area contributed by atoms with E-state index in [4.69, 9.17) is 16.1 Å². The number of allylic oxidation sites excluding steroid dienone is 1. The van der Waals surface area contributed by atoms with E-state index in [0.29, 0.717) is 22.1 Å². The third-order valence-electron chi connectivity index (χ3n) is 3.46. The molecule has 0 aliphatic carbocycles. The molecule has 1 aromatic carbocycles. The molecule has 0 atom stereocenters. The van der Waals surface area contributed by atoms with Gasteiger partial charge in [-0.05, 0) is 49.8 Å². The van der Waals surface area contributed by atoms with Crippen LogP contribution in [0.15, 0.2) is 53.3 Å². The van der Waals surface area contributed by atoms with Gasteiger partial charge in [-0.2, -0.15) is 4.98 Å². The van der Waals surface area contributed by atoms with Crippen LogP contribution < -0.4 is 5.32 Å². The van der Waals surface area contributed by atoms with Crippen LogP contribution in [0.25, 0.3) is 22.8 Å². The van der Waals surface area contributed by atoms with Crippen LogP contribution in [0.4, 0.5) is 5.69 Å². The summed E-state index contributed by atoms with van der Waals surface area (Å²) in [6, 6.07) is 7.01. The summed E-state index contributed by atoms with van der Waals surface area (Å²) >= 11 is 6.17. The van der Waals surface area contributed by atoms with Crippen molar-refractivity contribution in [2.45, 2.75) is 13.8 Å². The molecule has 0 radical (unpaired) electrons. The Morgan fingerprint density at radius 2 is 2.04 bits per heavy atom. The molecule has 0 saturated heterocycles. The fourth-order valence-electron chi connectivity index (χ4n) is 2.35. The second-order valence-corrected chi connectivity index (χ2v) is 5.73. The number of aryl methyl sites for hydroxylation is 1. The standard InChI is InChI=1S/C18H15ClN4O2/c1-3-4-15(24)21-16-11(2)9-13(19)10-14(16)18-22-17(23-25-18)12-5-7-20-8-6-12/h3-10H,1-2H3,(H,21,24). The van der Waals surface area contributed by atoms with E-state index in [0.717, 1.165) is 11.1 Å². The van der Waals surface area contributed by atoms with Crippen molar-refractivity contribution < 1.29 is 9.32 Å². The largest absolute Gasteiger partial charge is 0.334 e. The Morgan fingerprint density at radius 1 is 1.28 bits per heavy atom. The SMILES string of the molecule is CC=CC(=O)Nc1c(C)cc(Cl)cc1-c1nc(-c2ccncc2)no1. The number of benzene rings is 1. The summed E-state index contributed by atoms with van der Waals surface area (Å²) in [7, 11) is 0. The number of pyridine rings is 1. The van der Waals surface area contributed by atoms with Crippen molar-refractivity contribution in [3.8, 4) is 22.8 Å². The number of anilines is 1. The summed E-state index contributed by atoms with van der Waals surface area (Å²) < 4.78 is 5.39. The zero-order chi connectivity index (χ0) is 17.8. The molecule has 3 aromatic rings. The predicted molar refractivity (Wildman–Crippen MR) is 96.2 cm³/mol. The number of aromatic nitrogens is 3. The molecule has 6 nitrogen and oxygen atoms in total. The molecule has 0 unspecified atom stereocenters. The summed E-state index contributed by atoms with van der Waals surface area (Å²) in [5, 5.41) is 7.34. The Labute approximate surface area is 149 Å². The quantitative estimate of drug-likeness (QED) is 0.707. The average Bonchev–Trinajstić information content (AvgIpc) is 3.08. The zero-order valence-electron chi connectivity index (χ0n) is 13.7. The molecule has 126 valence electrons. The lowest BCUT2D eigenvalue weighted by Crippen LogP contribution is -2.10. The van der Waals surface area contributed by atoms with Crippen molar-refractivity contribution in [3.63, 3.8) is 0 Å². The minimum absolute atomic E-state index is 0.247. The lowest BCUT2D eigenvalue weighted by atomic mass is 10.1. The molecular formula is C18H15ClN4O2. The van der Waals surface area contributed by atoms with Crippen molar-refractivity contribution in [2.24, 2.45) is 0 Å². The average molecular weight is 355 g/mol. The summed E-state index contributed by atoms with van der Waals surface area (Å²) in [4.78, 5) is 20.3. The summed E-state index contributed by atoms with van der Waals surface area (Å²) in [6.07, 6.45) is 6.40. The molecule has 1 N–H and O–H groups in total. The Hall–Kier alpha value is -2.99. The van der Waals surface area contributed by atoms with Gasteiger partial charge in [0.2, 0.25) is 11.7 Å². The maximum Gasteiger partial charge on any atom is 0.260 e. The lowest BCUT2D eigenvalue weighted by Gasteiger charge is -2.11. The van der Waals surface area contributed by atoms with E-state index in [2.05, 4.69) is 20.4 Å². The number of rotatable bonds is 4. The third kappa shape index (κ3) is 3.75. The van der Waals surface area contributed by atoms with E-state index in [9.17, 15) is 4.79 Å². The van der Waals surface area contributed by atoms with Crippen LogP contribution in [0.1, 0.15) is 12.5 Å². The van der Waals surface area contributed by atoms with E-state index in [1.165, 1.54) is 6.08 Å². The number of amides is 1. The van der Waals surface area contributed by atoms with Gasteiger partial charge in [0, 0.05) is 23.0 Å². The van der Waals surface area contributed by atoms with Gasteiger partial charge in [-0.3, -0.25) is 9.78 Å². The summed E-state index contributed by atoms with van der Waals surface area (Å²) in [5.74, 6) is 0.456. The number of carbonyl (C=O) groups excluding carboxylic acids is 1. The van der Waals surface area contributed by atoms with E-state index in [1.54, 1.807) is 49.7 Å². The first-order valence-electron chi connectivity index (χ1n) is 7.57. The fourth-order valence-corrected chi connectivity index (χ4v) is 2.62. The molecule has 0 aliphatic heterocycles. The Morgan fingerprint density at radius 3 is 2.76 bits per heavy atom. The van der Waals surface area contributed by atoms with E-state index in [-0.39, 0.29) is 11.8 Å². The van der Waals surface area contributed by atoms with Gasteiger partial charge in [0.15, 0.2) is 0 Å². The summed E-state index contributed by atoms with van der Waals surface area (Å²) in [5.41, 5.74) is 2.72. The third-order valence-corrected chi connectivity index (χ3v) is 3.68. The Balaban J connectivity index is 2.05. The molecule has 2 heterocycles. The highest BCUT2D eigenvalue weighted by molar-refractivity contribution is 6.31. The maximum atomic E-state index is 12.0. The number of hydrogen-bond donors (Lipinski definition) is 1. The predicted octanol–water partition coefficient (Wildman–Crippen LogP) is 4.28. The van der Waals surface area contributed by atoms with Gasteiger partial charge in [0.1, 0.15) is 0 Å². The van der Waals surface area contributed by atoms with Crippen LogP contribution in [0.2, 0.25) is 5.02 Å². The van der Waals surface area contributed by atoms with Crippen LogP contribution in [0, 0.1) is 6.92 Å². The topological polar surface area (TPSA) is 80.9 Å². The van der Waals surface area contributed by atoms with Crippen molar-refractivity contribution >= 4 is 23.2 Å². The Kier molecular flexibility index (Phi) is 4.90. The molecule has 0 fully saturated rings. The molecule has 0 spiro atoms. The van der Waals surface area contributed by atoms with Crippen LogP contribution in [0.3, 0.4) is 0 Å². The molecule has 0 aliphatic rings. The van der Waals surface area contributed by atoms with E-state index < -0.39 is 0 Å². The number of carbonyl (C=O) groups is 1. The second kappa shape index (κ2) is 7.27. The van der Waals surface area contributed by atoms with E-state index >= 15 is 0 Å². The van der Waals surface area contributed by atoms with Gasteiger partial charge in [-0.1, -0.05) is 22.8 Å². The van der Waals surface area contributed by atoms with Crippen LogP contribution >= 0.6 is 11.6 Å². The van der Waals surface area contributed by atoms with Gasteiger partial charge in [-0.25, -0.2) is 0 Å². The van der Waals surface area contributed by atoms with Gasteiger partial charge >= 0.3 is 0 Å². The Bertz CT molecular complexity index is 936. The van der Waals surface area contributed by atoms with Crippen molar-refractivity contribution in [1.82, 2.24) is 15.1 Å². The van der Waals surface area contributed by atoms with Crippen LogP contribution in [-0.4, -0.2) is 21.0 Å². The smallest absolute Gasteiger partial charge is 0.260 e. The van der Waals surface area contributed by atoms with Crippen molar-refractivity contribution in [1.29, 1.82) is 0 Å². The first kappa shape index (κ1) is 16.9. The fraction of sp³-hybridized carbons (Fsp3) is 0.111. The first-order chi connectivity index (χ1) is 12.1. The molecule has 3 rings (SSSR count). The van der Waals surface area contributed by atoms with E-state index in [1.807, 2.05) is 6.92 Å². The minimum Gasteiger partial charge on any atom is -0.334 e. The molecule has 2 aromatic heterocycles. The van der Waals surface area contributed by atoms with Crippen LogP contribution in [0.5, 0.6) is 0 Å². The molecular weight excluding hydrogens is 340 g/mol. The monoisotopic (exact) mass is 354 g/mol. The van der Waals surface area contributed by atoms with Crippen LogP contribution in [-0.2, 0) is 4.79 Å². The van der Waals surface area contributed by atoms with Gasteiger partial charge in [-0.15, -0.1) is 0 Å². The molecule has 0 bridgehead atoms. The highest BCUT2D eigenvalue weighted by atomic mass is 35.5. The highest BCUT2D eigenvalue weighted by Crippen LogP contribution is 2.34. The van der Waals surface area contributed by atoms with Gasteiger partial charge in [0.25, 0.3) is 5.89 Å². The summed E-state index contributed by atoms with van der Waals surface area (Å²) in [6.45, 7) is 3.62. The first-order valence-corrected chi connectivity index (χ1v) is 7.94. The zero-order valence-corrected chi connectivity index (χ0v) is 14.4. The lowest BCUT2D eigenvalue weighted by molar-refractivity contribution is -0.111. The molecule has 0 saturated carbocycles. The van der Waals surface area contributed by atoms with Gasteiger partial charge in [0.05, 0.1) is 11.3 Å². The number of nitrogens with zero attached hydrogens (tertiary/aromatic N) is 3. The van der Waals surface area contributed by atoms with Crippen molar-refractivity contribution in [3.05, 3.63) is 59.4 Å². The minimum atomic E-state index is -0.247. The molecule has 7 heteroatoms. The highest BCUT2D eigenvalue weighted by Gasteiger charge is 2.18. The second-order valence-electron chi connectivity index (χ2n) is 5.29. The maximum absolute atomic E-state index is 12.0. The molecule has 1 amide bonds. The van der Waals surface area contributed by atoms with Gasteiger partial charge < -0.3 is 9.84 Å². The molecule has 25 heavy (non-hydrogen) atoms. The number of nitrogens with one attached hydrogen (secondary N) is 1. The van der Waals surface area contributed by atoms with Crippen molar-refractivity contribution in [2.75, 3.05) is 5.32 Å². The normalized spacial score (nSPS) is 11.0. The number of halogens is 1.